The van der Waals surface area contributed by atoms with E-state index in [0.717, 1.165) is 0 Å². The van der Waals surface area contributed by atoms with Crippen molar-refractivity contribution in [2.24, 2.45) is 4.99 Å². The van der Waals surface area contributed by atoms with Crippen molar-refractivity contribution in [3.63, 3.8) is 0 Å². The monoisotopic (exact) mass is 140 g/mol. The molecule has 0 heterocycles. The van der Waals surface area contributed by atoms with Gasteiger partial charge in [0.1, 0.15) is 0 Å². The van der Waals surface area contributed by atoms with Gasteiger partial charge in [-0.3, -0.25) is 0 Å². The molecule has 3 heteroatoms. The number of hydrogen-bond donors (Lipinski definition) is 1. The second kappa shape index (κ2) is 5.18. The fraction of sp³-hybridized carbons (Fsp3) is 0. The highest BCUT2D eigenvalue weighted by atomic mass is 32.1. The van der Waals surface area contributed by atoms with E-state index in [0.29, 0.717) is 5.11 Å². The molecule has 2 nitrogen and oxygen atoms in total. The Hall–Kier alpha value is -0.960. The van der Waals surface area contributed by atoms with Gasteiger partial charge in [0.2, 0.25) is 0 Å². The van der Waals surface area contributed by atoms with E-state index in [2.05, 4.69) is 23.5 Å². The average molecular weight is 140 g/mol. The quantitative estimate of drug-likeness (QED) is 0.461. The van der Waals surface area contributed by atoms with Crippen LogP contribution in [0.4, 0.5) is 0 Å². The zero-order valence-corrected chi connectivity index (χ0v) is 5.82. The minimum atomic E-state index is 0.393. The zero-order chi connectivity index (χ0) is 7.11. The molecule has 0 fully saturated rings. The smallest absolute Gasteiger partial charge is 0.196 e. The molecule has 0 spiro atoms. The molecule has 0 amide bonds. The molecule has 0 aliphatic heterocycles. The number of hydrogen-bond acceptors (Lipinski definition) is 1. The fourth-order valence-corrected chi connectivity index (χ4v) is 0.389. The molecule has 0 aromatic carbocycles. The minimum Gasteiger partial charge on any atom is -0.338 e. The van der Waals surface area contributed by atoms with Crippen LogP contribution in [0.25, 0.3) is 0 Å². The molecule has 0 aromatic heterocycles. The van der Waals surface area contributed by atoms with Gasteiger partial charge < -0.3 is 5.32 Å². The third-order valence-corrected chi connectivity index (χ3v) is 0.746. The number of aliphatic imine (C=N–C) groups is 1. The van der Waals surface area contributed by atoms with Gasteiger partial charge in [0.15, 0.2) is 5.11 Å². The first-order valence-corrected chi connectivity index (χ1v) is 2.78. The van der Waals surface area contributed by atoms with Gasteiger partial charge in [-0.2, -0.15) is 0 Å². The summed E-state index contributed by atoms with van der Waals surface area (Å²) in [6, 6.07) is 0. The number of rotatable bonds is 2. The van der Waals surface area contributed by atoms with Gasteiger partial charge >= 0.3 is 0 Å². The number of thiocarbonyl (C=S) groups is 1. The Kier molecular flexibility index (Phi) is 4.63. The van der Waals surface area contributed by atoms with Crippen LogP contribution in [-0.2, 0) is 0 Å². The summed E-state index contributed by atoms with van der Waals surface area (Å²) in [5.41, 5.74) is 0. The Morgan fingerprint density at radius 1 is 1.56 bits per heavy atom. The summed E-state index contributed by atoms with van der Waals surface area (Å²) < 4.78 is 0. The highest BCUT2D eigenvalue weighted by Gasteiger charge is 1.79. The fourth-order valence-electron chi connectivity index (χ4n) is 0.245. The maximum absolute atomic E-state index is 4.69. The molecular weight excluding hydrogens is 132 g/mol. The SMILES string of the molecule is C=CC=NC(=S)NC=C. The maximum atomic E-state index is 4.69. The molecule has 0 radical (unpaired) electrons. The van der Waals surface area contributed by atoms with Crippen LogP contribution in [0, 0.1) is 0 Å². The van der Waals surface area contributed by atoms with E-state index in [4.69, 9.17) is 12.2 Å². The summed E-state index contributed by atoms with van der Waals surface area (Å²) in [6.07, 6.45) is 4.54. The van der Waals surface area contributed by atoms with Crippen molar-refractivity contribution in [3.05, 3.63) is 25.4 Å². The van der Waals surface area contributed by atoms with Gasteiger partial charge in [0.05, 0.1) is 0 Å². The Bertz CT molecular complexity index is 149. The lowest BCUT2D eigenvalue weighted by atomic mass is 10.7. The van der Waals surface area contributed by atoms with Crippen LogP contribution in [0.5, 0.6) is 0 Å². The van der Waals surface area contributed by atoms with Crippen molar-refractivity contribution < 1.29 is 0 Å². The highest BCUT2D eigenvalue weighted by Crippen LogP contribution is 1.72. The second-order valence-electron chi connectivity index (χ2n) is 1.17. The van der Waals surface area contributed by atoms with E-state index in [1.165, 1.54) is 12.4 Å². The Morgan fingerprint density at radius 2 is 2.22 bits per heavy atom. The Labute approximate surface area is 60.0 Å². The van der Waals surface area contributed by atoms with E-state index < -0.39 is 0 Å². The van der Waals surface area contributed by atoms with E-state index in [-0.39, 0.29) is 0 Å². The molecule has 0 aliphatic rings. The first-order valence-electron chi connectivity index (χ1n) is 2.37. The predicted molar refractivity (Wildman–Crippen MR) is 44.6 cm³/mol. The van der Waals surface area contributed by atoms with Crippen molar-refractivity contribution in [2.75, 3.05) is 0 Å². The van der Waals surface area contributed by atoms with Gasteiger partial charge in [-0.25, -0.2) is 4.99 Å². The van der Waals surface area contributed by atoms with Crippen molar-refractivity contribution >= 4 is 23.5 Å². The van der Waals surface area contributed by atoms with Crippen LogP contribution in [0.15, 0.2) is 30.4 Å². The summed E-state index contributed by atoms with van der Waals surface area (Å²) >= 11 is 4.69. The van der Waals surface area contributed by atoms with E-state index >= 15 is 0 Å². The minimum absolute atomic E-state index is 0.393. The molecule has 0 atom stereocenters. The lowest BCUT2D eigenvalue weighted by Crippen LogP contribution is -2.10. The summed E-state index contributed by atoms with van der Waals surface area (Å²) in [7, 11) is 0. The largest absolute Gasteiger partial charge is 0.338 e. The third kappa shape index (κ3) is 4.90. The summed E-state index contributed by atoms with van der Waals surface area (Å²) in [6.45, 7) is 6.84. The normalized spacial score (nSPS) is 8.89. The Balaban J connectivity index is 3.61. The van der Waals surface area contributed by atoms with Crippen LogP contribution in [0.3, 0.4) is 0 Å². The van der Waals surface area contributed by atoms with Gasteiger partial charge in [0, 0.05) is 6.21 Å². The molecule has 48 valence electrons. The third-order valence-electron chi connectivity index (χ3n) is 0.523. The van der Waals surface area contributed by atoms with Crippen LogP contribution in [0.2, 0.25) is 0 Å². The number of nitrogens with zero attached hydrogens (tertiary/aromatic N) is 1. The van der Waals surface area contributed by atoms with Crippen LogP contribution in [-0.4, -0.2) is 11.3 Å². The van der Waals surface area contributed by atoms with Crippen molar-refractivity contribution in [2.45, 2.75) is 0 Å². The molecule has 0 aliphatic carbocycles. The molecule has 0 aromatic rings. The number of allylic oxidation sites excluding steroid dienone is 1. The first-order chi connectivity index (χ1) is 4.31. The highest BCUT2D eigenvalue weighted by molar-refractivity contribution is 7.80. The van der Waals surface area contributed by atoms with Crippen molar-refractivity contribution in [3.8, 4) is 0 Å². The Morgan fingerprint density at radius 3 is 2.67 bits per heavy atom. The maximum Gasteiger partial charge on any atom is 0.196 e. The molecule has 1 N–H and O–H groups in total. The van der Waals surface area contributed by atoms with Crippen LogP contribution < -0.4 is 5.32 Å². The standard InChI is InChI=1S/C6H8N2S/c1-3-5-8-6(9)7-4-2/h3-5H,1-2H2,(H,7,9). The van der Waals surface area contributed by atoms with E-state index in [9.17, 15) is 0 Å². The molecule has 0 saturated carbocycles. The lowest BCUT2D eigenvalue weighted by Gasteiger charge is -1.90. The molecule has 0 unspecified atom stereocenters. The van der Waals surface area contributed by atoms with Crippen molar-refractivity contribution in [1.82, 2.24) is 5.32 Å². The van der Waals surface area contributed by atoms with Gasteiger partial charge in [-0.1, -0.05) is 19.2 Å². The zero-order valence-electron chi connectivity index (χ0n) is 5.00. The summed E-state index contributed by atoms with van der Waals surface area (Å²) in [4.78, 5) is 3.74. The lowest BCUT2D eigenvalue weighted by molar-refractivity contribution is 1.29. The summed E-state index contributed by atoms with van der Waals surface area (Å²) in [5, 5.41) is 3.02. The first kappa shape index (κ1) is 8.04. The topological polar surface area (TPSA) is 24.4 Å². The average Bonchev–Trinajstić information content (AvgIpc) is 1.85. The molecule has 0 saturated heterocycles. The van der Waals surface area contributed by atoms with Crippen molar-refractivity contribution in [1.29, 1.82) is 0 Å². The molecule has 9 heavy (non-hydrogen) atoms. The van der Waals surface area contributed by atoms with E-state index in [1.54, 1.807) is 6.08 Å². The second-order valence-corrected chi connectivity index (χ2v) is 1.55. The predicted octanol–water partition coefficient (Wildman–Crippen LogP) is 1.26. The van der Waals surface area contributed by atoms with Crippen LogP contribution >= 0.6 is 12.2 Å². The molecule has 0 rings (SSSR count). The summed E-state index contributed by atoms with van der Waals surface area (Å²) in [5.74, 6) is 0. The molecular formula is C6H8N2S. The molecule has 0 bridgehead atoms. The van der Waals surface area contributed by atoms with Gasteiger partial charge in [-0.15, -0.1) is 0 Å². The van der Waals surface area contributed by atoms with Crippen LogP contribution in [0.1, 0.15) is 0 Å². The van der Waals surface area contributed by atoms with Gasteiger partial charge in [-0.05, 0) is 18.4 Å². The number of nitrogens with one attached hydrogen (secondary N) is 1. The van der Waals surface area contributed by atoms with E-state index in [1.807, 2.05) is 0 Å². The van der Waals surface area contributed by atoms with Gasteiger partial charge in [0.25, 0.3) is 0 Å².